The van der Waals surface area contributed by atoms with Crippen molar-refractivity contribution in [3.8, 4) is 22.3 Å². The number of rotatable bonds is 8. The zero-order valence-electron chi connectivity index (χ0n) is 33.7. The molecule has 0 aliphatic carbocycles. The van der Waals surface area contributed by atoms with Crippen LogP contribution in [0, 0.1) is 0 Å². The monoisotopic (exact) mass is 826 g/mol. The Kier molecular flexibility index (Phi) is 8.91. The predicted octanol–water partition coefficient (Wildman–Crippen LogP) is 17.8. The molecule has 10 aromatic carbocycles. The molecule has 292 valence electrons. The third-order valence-electron chi connectivity index (χ3n) is 12.0. The molecule has 0 amide bonds. The lowest BCUT2D eigenvalue weighted by atomic mass is 9.99. The Morgan fingerprint density at radius 1 is 0.258 bits per heavy atom. The van der Waals surface area contributed by atoms with Gasteiger partial charge in [-0.2, -0.15) is 0 Å². The van der Waals surface area contributed by atoms with Gasteiger partial charge < -0.3 is 9.80 Å². The van der Waals surface area contributed by atoms with Gasteiger partial charge in [0.1, 0.15) is 0 Å². The minimum atomic E-state index is 1.10. The average Bonchev–Trinajstić information content (AvgIpc) is 3.92. The topological polar surface area (TPSA) is 6.48 Å². The van der Waals surface area contributed by atoms with Crippen LogP contribution in [0.5, 0.6) is 0 Å². The van der Waals surface area contributed by atoms with Crippen molar-refractivity contribution in [2.45, 2.75) is 0 Å². The Morgan fingerprint density at radius 3 is 1.06 bits per heavy atom. The van der Waals surface area contributed by atoms with E-state index in [9.17, 15) is 0 Å². The van der Waals surface area contributed by atoms with Gasteiger partial charge in [-0.05, 0) is 95.1 Å². The fraction of sp³-hybridized carbons (Fsp3) is 0. The molecule has 0 N–H and O–H groups in total. The van der Waals surface area contributed by atoms with E-state index in [1.165, 1.54) is 62.6 Å². The van der Waals surface area contributed by atoms with E-state index in [2.05, 4.69) is 240 Å². The van der Waals surface area contributed by atoms with Gasteiger partial charge in [0.05, 0.1) is 11.4 Å². The highest BCUT2D eigenvalue weighted by atomic mass is 32.1. The second-order valence-electron chi connectivity index (χ2n) is 15.7. The third-order valence-corrected chi connectivity index (χ3v) is 14.5. The maximum Gasteiger partial charge on any atom is 0.0541 e. The molecule has 0 spiro atoms. The number of nitrogens with zero attached hydrogens (tertiary/aromatic N) is 2. The van der Waals surface area contributed by atoms with Crippen molar-refractivity contribution in [2.24, 2.45) is 0 Å². The summed E-state index contributed by atoms with van der Waals surface area (Å²) in [4.78, 5) is 4.83. The van der Waals surface area contributed by atoms with Crippen LogP contribution in [0.2, 0.25) is 0 Å². The highest BCUT2D eigenvalue weighted by molar-refractivity contribution is 7.26. The number of para-hydroxylation sites is 2. The van der Waals surface area contributed by atoms with E-state index in [-0.39, 0.29) is 0 Å². The molecule has 2 aromatic heterocycles. The molecule has 2 nitrogen and oxygen atoms in total. The summed E-state index contributed by atoms with van der Waals surface area (Å²) in [5, 5.41) is 7.57. The molecule has 0 fully saturated rings. The van der Waals surface area contributed by atoms with Gasteiger partial charge in [-0.25, -0.2) is 0 Å². The summed E-state index contributed by atoms with van der Waals surface area (Å²) in [5.41, 5.74) is 11.5. The summed E-state index contributed by atoms with van der Waals surface area (Å²) in [6.07, 6.45) is 0. The quantitative estimate of drug-likeness (QED) is 0.151. The first-order chi connectivity index (χ1) is 30.8. The number of benzene rings is 10. The number of anilines is 6. The van der Waals surface area contributed by atoms with Gasteiger partial charge >= 0.3 is 0 Å². The first kappa shape index (κ1) is 36.4. The molecule has 0 aliphatic rings. The zero-order chi connectivity index (χ0) is 41.0. The molecule has 62 heavy (non-hydrogen) atoms. The minimum Gasteiger partial charge on any atom is -0.310 e. The number of hydrogen-bond donors (Lipinski definition) is 0. The Bertz CT molecular complexity index is 3370. The molecule has 0 unspecified atom stereocenters. The lowest BCUT2D eigenvalue weighted by Gasteiger charge is -2.31. The molecule has 12 aromatic rings. The SMILES string of the molecule is c1ccc(N(c2cccc(-c3cccc4c3sc3ccccc34)c2)c2ccc(N(c3ccccc3)c3cccc(-c4cccc5c4sc4ccccc45)c3)c3ccccc23)cc1. The molecular weight excluding hydrogens is 789 g/mol. The molecule has 0 atom stereocenters. The van der Waals surface area contributed by atoms with E-state index >= 15 is 0 Å². The first-order valence-electron chi connectivity index (χ1n) is 21.0. The Morgan fingerprint density at radius 2 is 0.613 bits per heavy atom. The van der Waals surface area contributed by atoms with Crippen LogP contribution >= 0.6 is 22.7 Å². The van der Waals surface area contributed by atoms with Crippen LogP contribution in [-0.2, 0) is 0 Å². The van der Waals surface area contributed by atoms with Gasteiger partial charge in [0, 0.05) is 73.9 Å². The molecule has 0 aliphatic heterocycles. The molecule has 12 rings (SSSR count). The van der Waals surface area contributed by atoms with Crippen molar-refractivity contribution < 1.29 is 0 Å². The van der Waals surface area contributed by atoms with Crippen LogP contribution in [-0.4, -0.2) is 0 Å². The van der Waals surface area contributed by atoms with Crippen LogP contribution in [0.3, 0.4) is 0 Å². The summed E-state index contributed by atoms with van der Waals surface area (Å²) in [7, 11) is 0. The van der Waals surface area contributed by atoms with E-state index in [0.29, 0.717) is 0 Å². The molecule has 0 bridgehead atoms. The number of hydrogen-bond acceptors (Lipinski definition) is 4. The summed E-state index contributed by atoms with van der Waals surface area (Å²) < 4.78 is 5.26. The molecule has 0 radical (unpaired) electrons. The van der Waals surface area contributed by atoms with Gasteiger partial charge in [0.25, 0.3) is 0 Å². The summed E-state index contributed by atoms with van der Waals surface area (Å²) in [6.45, 7) is 0. The lowest BCUT2D eigenvalue weighted by molar-refractivity contribution is 1.28. The summed E-state index contributed by atoms with van der Waals surface area (Å²) in [5.74, 6) is 0. The average molecular weight is 827 g/mol. The second-order valence-corrected chi connectivity index (χ2v) is 17.8. The molecular formula is C58H38N2S2. The Labute approximate surface area is 368 Å². The van der Waals surface area contributed by atoms with Gasteiger partial charge in [-0.15, -0.1) is 22.7 Å². The molecule has 2 heterocycles. The zero-order valence-corrected chi connectivity index (χ0v) is 35.3. The van der Waals surface area contributed by atoms with Gasteiger partial charge in [0.15, 0.2) is 0 Å². The van der Waals surface area contributed by atoms with Crippen molar-refractivity contribution in [1.29, 1.82) is 0 Å². The number of fused-ring (bicyclic) bond motifs is 7. The minimum absolute atomic E-state index is 1.10. The van der Waals surface area contributed by atoms with Gasteiger partial charge in [-0.3, -0.25) is 0 Å². The van der Waals surface area contributed by atoms with Crippen molar-refractivity contribution in [1.82, 2.24) is 0 Å². The van der Waals surface area contributed by atoms with E-state index in [0.717, 1.165) is 44.9 Å². The smallest absolute Gasteiger partial charge is 0.0541 e. The molecule has 0 saturated carbocycles. The standard InChI is InChI=1S/C58H38N2S2/c1-3-19-41(20-4-1)59(43-23-13-17-39(37-43)45-29-15-31-51-49-27-9-11-33-55(49)61-57(45)51)53-35-36-54(48-26-8-7-25-47(48)53)60(42-21-5-2-6-22-42)44-24-14-18-40(38-44)46-30-16-32-52-50-28-10-12-34-56(50)62-58(46)52/h1-38H. The normalized spacial score (nSPS) is 11.5. The van der Waals surface area contributed by atoms with Gasteiger partial charge in [-0.1, -0.05) is 158 Å². The first-order valence-corrected chi connectivity index (χ1v) is 22.6. The van der Waals surface area contributed by atoms with Crippen molar-refractivity contribution in [3.05, 3.63) is 231 Å². The van der Waals surface area contributed by atoms with Crippen molar-refractivity contribution in [2.75, 3.05) is 9.80 Å². The largest absolute Gasteiger partial charge is 0.310 e. The maximum absolute atomic E-state index is 2.42. The second kappa shape index (κ2) is 15.2. The Balaban J connectivity index is 1.02. The summed E-state index contributed by atoms with van der Waals surface area (Å²) in [6, 6.07) is 84.0. The van der Waals surface area contributed by atoms with E-state index < -0.39 is 0 Å². The molecule has 0 saturated heterocycles. The fourth-order valence-corrected chi connectivity index (χ4v) is 11.7. The van der Waals surface area contributed by atoms with Crippen LogP contribution in [0.25, 0.3) is 73.4 Å². The van der Waals surface area contributed by atoms with E-state index in [1.807, 2.05) is 22.7 Å². The highest BCUT2D eigenvalue weighted by Crippen LogP contribution is 2.48. The van der Waals surface area contributed by atoms with E-state index in [1.54, 1.807) is 0 Å². The summed E-state index contributed by atoms with van der Waals surface area (Å²) >= 11 is 3.75. The maximum atomic E-state index is 2.42. The predicted molar refractivity (Wildman–Crippen MR) is 270 cm³/mol. The van der Waals surface area contributed by atoms with Crippen molar-refractivity contribution in [3.63, 3.8) is 0 Å². The lowest BCUT2D eigenvalue weighted by Crippen LogP contribution is -2.13. The van der Waals surface area contributed by atoms with Crippen LogP contribution in [0.1, 0.15) is 0 Å². The van der Waals surface area contributed by atoms with Crippen LogP contribution in [0.4, 0.5) is 34.1 Å². The van der Waals surface area contributed by atoms with Crippen molar-refractivity contribution >= 4 is 108 Å². The molecule has 4 heteroatoms. The fourth-order valence-electron chi connectivity index (χ4n) is 9.24. The highest BCUT2D eigenvalue weighted by Gasteiger charge is 2.22. The Hall–Kier alpha value is -7.50. The number of thiophene rings is 2. The van der Waals surface area contributed by atoms with Gasteiger partial charge in [0.2, 0.25) is 0 Å². The van der Waals surface area contributed by atoms with E-state index in [4.69, 9.17) is 0 Å². The third kappa shape index (κ3) is 6.15. The van der Waals surface area contributed by atoms with Crippen LogP contribution < -0.4 is 9.80 Å². The van der Waals surface area contributed by atoms with Crippen LogP contribution in [0.15, 0.2) is 231 Å².